The summed E-state index contributed by atoms with van der Waals surface area (Å²) in [7, 11) is 0. The fraction of sp³-hybridized carbons (Fsp3) is 0.487. The monoisotopic (exact) mass is 669 g/mol. The Hall–Kier alpha value is -4.28. The number of anilines is 1. The maximum Gasteiger partial charge on any atom is 0.313 e. The van der Waals surface area contributed by atoms with Crippen LogP contribution in [0.1, 0.15) is 62.8 Å². The van der Waals surface area contributed by atoms with Gasteiger partial charge in [-0.1, -0.05) is 93.1 Å². The number of carbonyl (C=O) groups is 4. The molecule has 2 N–H and O–H groups in total. The van der Waals surface area contributed by atoms with Crippen LogP contribution in [0.3, 0.4) is 0 Å². The first-order chi connectivity index (χ1) is 23.5. The molecule has 4 heterocycles. The van der Waals surface area contributed by atoms with E-state index in [9.17, 15) is 19.5 Å². The first-order valence-electron chi connectivity index (χ1n) is 17.4. The van der Waals surface area contributed by atoms with Crippen LogP contribution >= 0.6 is 0 Å². The number of fused-ring (bicyclic) bond motifs is 2. The molecule has 260 valence electrons. The largest absolute Gasteiger partial charge is 0.455 e. The van der Waals surface area contributed by atoms with Crippen LogP contribution in [0.2, 0.25) is 0 Å². The Balaban J connectivity index is 1.50. The molecule has 0 saturated carbocycles. The Morgan fingerprint density at radius 1 is 1.00 bits per heavy atom. The van der Waals surface area contributed by atoms with Gasteiger partial charge in [-0.3, -0.25) is 19.2 Å². The molecular weight excluding hydrogens is 622 g/mol. The van der Waals surface area contributed by atoms with Gasteiger partial charge in [0.1, 0.15) is 23.7 Å². The lowest BCUT2D eigenvalue weighted by Crippen LogP contribution is -2.59. The number of carbonyl (C=O) groups excluding carboxylic acids is 4. The van der Waals surface area contributed by atoms with Crippen molar-refractivity contribution in [3.63, 3.8) is 0 Å². The van der Waals surface area contributed by atoms with E-state index in [0.717, 1.165) is 16.8 Å². The van der Waals surface area contributed by atoms with Gasteiger partial charge in [-0.05, 0) is 49.8 Å². The molecule has 10 heteroatoms. The number of cyclic esters (lactones) is 1. The zero-order valence-electron chi connectivity index (χ0n) is 28.9. The zero-order valence-corrected chi connectivity index (χ0v) is 28.9. The standard InChI is InChI=1S/C39H47N3O7/c1-6-23(2)28(22-43)42-35-37(46)41(33-24(3)14-12-15-25(33)4)21-13-20-39(35)32(36(42)45)31-29(49-39)18-10-11-19-30(44)40-26(5)34(48-38(31)47)27-16-8-7-9-17-27/h7-10,12-18,20,23,26,28-29,31-32,34-35,43H,6,11,19,21-22H2,1-5H3,(H,40,44)/b18-10-/t23-,26+,28-,29+,31-,32-,34-,35+,39-/m0/s1. The quantitative estimate of drug-likeness (QED) is 0.347. The summed E-state index contributed by atoms with van der Waals surface area (Å²) in [6.45, 7) is 9.51. The lowest BCUT2D eigenvalue weighted by atomic mass is 9.77. The number of aryl methyl sites for hydroxylation is 2. The Labute approximate surface area is 288 Å². The molecule has 2 fully saturated rings. The number of aliphatic hydroxyl groups is 1. The van der Waals surface area contributed by atoms with Crippen LogP contribution in [0.15, 0.2) is 72.8 Å². The number of nitrogens with zero attached hydrogens (tertiary/aromatic N) is 2. The summed E-state index contributed by atoms with van der Waals surface area (Å²) in [5.41, 5.74) is 1.77. The summed E-state index contributed by atoms with van der Waals surface area (Å²) in [5, 5.41) is 13.7. The van der Waals surface area contributed by atoms with Crippen molar-refractivity contribution >= 4 is 29.4 Å². The first-order valence-corrected chi connectivity index (χ1v) is 17.4. The number of benzene rings is 2. The number of aliphatic hydroxyl groups excluding tert-OH is 1. The summed E-state index contributed by atoms with van der Waals surface area (Å²) in [6.07, 6.45) is 6.70. The van der Waals surface area contributed by atoms with Crippen molar-refractivity contribution < 1.29 is 33.8 Å². The molecule has 2 aromatic carbocycles. The number of hydrogen-bond acceptors (Lipinski definition) is 7. The third-order valence-corrected chi connectivity index (χ3v) is 10.8. The Kier molecular flexibility index (Phi) is 9.82. The number of esters is 1. The Morgan fingerprint density at radius 2 is 1.71 bits per heavy atom. The van der Waals surface area contributed by atoms with Crippen molar-refractivity contribution in [2.75, 3.05) is 18.1 Å². The number of nitrogens with one attached hydrogen (secondary N) is 1. The molecule has 6 rings (SSSR count). The molecule has 4 aliphatic heterocycles. The number of likely N-dealkylation sites (tertiary alicyclic amines) is 1. The van der Waals surface area contributed by atoms with Crippen LogP contribution < -0.4 is 10.2 Å². The van der Waals surface area contributed by atoms with Crippen LogP contribution in [0.4, 0.5) is 5.69 Å². The minimum atomic E-state index is -1.51. The van der Waals surface area contributed by atoms with Crippen molar-refractivity contribution in [3.8, 4) is 0 Å². The molecule has 1 spiro atoms. The highest BCUT2D eigenvalue weighted by molar-refractivity contribution is 6.06. The number of ether oxygens (including phenoxy) is 2. The molecule has 3 amide bonds. The SMILES string of the molecule is CC[C@H](C)[C@H](CO)N1C(=O)[C@@H]2[C@H]3C(=O)O[C@H](c4ccccc4)[C@@H](C)NC(=O)CC/C=C\[C@H]3O[C@@]23C=CCN(c2c(C)cccc2C)C(=O)[C@@H]13. The molecule has 9 atom stereocenters. The molecule has 4 aliphatic rings. The Morgan fingerprint density at radius 3 is 2.39 bits per heavy atom. The highest BCUT2D eigenvalue weighted by Gasteiger charge is 2.73. The first kappa shape index (κ1) is 34.6. The number of hydrogen-bond donors (Lipinski definition) is 2. The maximum atomic E-state index is 15.0. The van der Waals surface area contributed by atoms with Crippen LogP contribution in [0.5, 0.6) is 0 Å². The van der Waals surface area contributed by atoms with Gasteiger partial charge in [0.2, 0.25) is 11.8 Å². The second kappa shape index (κ2) is 13.9. The minimum Gasteiger partial charge on any atom is -0.455 e. The number of amides is 3. The predicted molar refractivity (Wildman–Crippen MR) is 184 cm³/mol. The van der Waals surface area contributed by atoms with E-state index < -0.39 is 59.6 Å². The summed E-state index contributed by atoms with van der Waals surface area (Å²) in [5.74, 6) is -3.92. The topological polar surface area (TPSA) is 125 Å². The van der Waals surface area contributed by atoms with E-state index in [1.165, 1.54) is 4.90 Å². The highest BCUT2D eigenvalue weighted by atomic mass is 16.6. The van der Waals surface area contributed by atoms with E-state index in [4.69, 9.17) is 9.47 Å². The van der Waals surface area contributed by atoms with Crippen molar-refractivity contribution in [2.24, 2.45) is 17.8 Å². The van der Waals surface area contributed by atoms with Gasteiger partial charge < -0.3 is 29.7 Å². The average molecular weight is 670 g/mol. The second-order valence-corrected chi connectivity index (χ2v) is 13.9. The van der Waals surface area contributed by atoms with Gasteiger partial charge in [-0.15, -0.1) is 0 Å². The summed E-state index contributed by atoms with van der Waals surface area (Å²) in [6, 6.07) is 12.6. The van der Waals surface area contributed by atoms with Gasteiger partial charge in [-0.25, -0.2) is 0 Å². The highest BCUT2D eigenvalue weighted by Crippen LogP contribution is 2.54. The smallest absolute Gasteiger partial charge is 0.313 e. The van der Waals surface area contributed by atoms with E-state index in [1.54, 1.807) is 30.1 Å². The van der Waals surface area contributed by atoms with E-state index in [2.05, 4.69) is 5.32 Å². The number of rotatable bonds is 6. The normalized spacial score (nSPS) is 32.1. The van der Waals surface area contributed by atoms with Crippen LogP contribution in [-0.2, 0) is 28.7 Å². The third kappa shape index (κ3) is 5.99. The van der Waals surface area contributed by atoms with E-state index in [-0.39, 0.29) is 37.3 Å². The van der Waals surface area contributed by atoms with Crippen LogP contribution in [-0.4, -0.2) is 76.7 Å². The maximum absolute atomic E-state index is 15.0. The molecule has 10 nitrogen and oxygen atoms in total. The van der Waals surface area contributed by atoms with Gasteiger partial charge >= 0.3 is 5.97 Å². The average Bonchev–Trinajstić information content (AvgIpc) is 3.47. The fourth-order valence-electron chi connectivity index (χ4n) is 8.25. The van der Waals surface area contributed by atoms with Crippen molar-refractivity contribution in [1.29, 1.82) is 0 Å². The molecular formula is C39H47N3O7. The van der Waals surface area contributed by atoms with Crippen LogP contribution in [0, 0.1) is 31.6 Å². The van der Waals surface area contributed by atoms with E-state index in [1.807, 2.05) is 82.3 Å². The lowest BCUT2D eigenvalue weighted by Gasteiger charge is -2.40. The van der Waals surface area contributed by atoms with Gasteiger partial charge in [0, 0.05) is 18.7 Å². The number of para-hydroxylation sites is 1. The minimum absolute atomic E-state index is 0.149. The van der Waals surface area contributed by atoms with Crippen LogP contribution in [0.25, 0.3) is 0 Å². The number of allylic oxidation sites excluding steroid dienone is 1. The van der Waals surface area contributed by atoms with Gasteiger partial charge in [0.05, 0.1) is 30.7 Å². The third-order valence-electron chi connectivity index (χ3n) is 10.8. The Bertz CT molecular complexity index is 1640. The van der Waals surface area contributed by atoms with Crippen molar-refractivity contribution in [3.05, 3.63) is 89.5 Å². The molecule has 0 radical (unpaired) electrons. The zero-order chi connectivity index (χ0) is 35.0. The molecule has 0 unspecified atom stereocenters. The summed E-state index contributed by atoms with van der Waals surface area (Å²) in [4.78, 5) is 60.6. The van der Waals surface area contributed by atoms with Crippen molar-refractivity contribution in [1.82, 2.24) is 10.2 Å². The van der Waals surface area contributed by atoms with Gasteiger partial charge in [0.25, 0.3) is 5.91 Å². The molecule has 0 aromatic heterocycles. The molecule has 0 bridgehead atoms. The van der Waals surface area contributed by atoms with Gasteiger partial charge in [0.15, 0.2) is 0 Å². The van der Waals surface area contributed by atoms with E-state index in [0.29, 0.717) is 18.4 Å². The fourth-order valence-corrected chi connectivity index (χ4v) is 8.25. The summed E-state index contributed by atoms with van der Waals surface area (Å²) < 4.78 is 13.2. The molecule has 2 saturated heterocycles. The predicted octanol–water partition coefficient (Wildman–Crippen LogP) is 4.33. The van der Waals surface area contributed by atoms with Crippen molar-refractivity contribution in [2.45, 2.75) is 89.8 Å². The molecule has 2 aromatic rings. The van der Waals surface area contributed by atoms with Gasteiger partial charge in [-0.2, -0.15) is 0 Å². The summed E-state index contributed by atoms with van der Waals surface area (Å²) >= 11 is 0. The second-order valence-electron chi connectivity index (χ2n) is 13.9. The molecule has 0 aliphatic carbocycles. The lowest BCUT2D eigenvalue weighted by molar-refractivity contribution is -0.162. The van der Waals surface area contributed by atoms with E-state index >= 15 is 4.79 Å². The molecule has 49 heavy (non-hydrogen) atoms.